The quantitative estimate of drug-likeness (QED) is 0.819. The number of hydrogen-bond acceptors (Lipinski definition) is 4. The smallest absolute Gasteiger partial charge is 0.314 e. The molecule has 1 aromatic rings. The minimum absolute atomic E-state index is 0.463. The lowest BCUT2D eigenvalue weighted by Crippen LogP contribution is -2.27. The summed E-state index contributed by atoms with van der Waals surface area (Å²) in [6.45, 7) is -0.463. The molecule has 0 aliphatic rings. The first-order valence-electron chi connectivity index (χ1n) is 4.73. The Labute approximate surface area is 102 Å². The molecule has 1 aromatic carbocycles. The minimum atomic E-state index is -1.09. The summed E-state index contributed by atoms with van der Waals surface area (Å²) in [6.07, 6.45) is -1.09. The van der Waals surface area contributed by atoms with Crippen LogP contribution >= 0.6 is 15.9 Å². The van der Waals surface area contributed by atoms with Crippen LogP contribution in [0.4, 0.5) is 0 Å². The van der Waals surface area contributed by atoms with Crippen molar-refractivity contribution in [1.29, 1.82) is 0 Å². The van der Waals surface area contributed by atoms with Crippen LogP contribution in [0.2, 0.25) is 0 Å². The van der Waals surface area contributed by atoms with Gasteiger partial charge in [0.25, 0.3) is 0 Å². The van der Waals surface area contributed by atoms with Gasteiger partial charge in [-0.25, -0.2) is 0 Å². The van der Waals surface area contributed by atoms with Crippen molar-refractivity contribution >= 4 is 21.9 Å². The number of methoxy groups -OCH3 is 1. The number of benzene rings is 1. The van der Waals surface area contributed by atoms with Crippen molar-refractivity contribution in [3.8, 4) is 0 Å². The number of carbonyl (C=O) groups is 1. The van der Waals surface area contributed by atoms with Gasteiger partial charge in [0.15, 0.2) is 0 Å². The first kappa shape index (κ1) is 13.2. The van der Waals surface area contributed by atoms with Gasteiger partial charge in [-0.2, -0.15) is 0 Å². The van der Waals surface area contributed by atoms with E-state index in [1.165, 1.54) is 7.11 Å². The van der Waals surface area contributed by atoms with E-state index in [4.69, 9.17) is 5.11 Å². The molecule has 0 saturated carbocycles. The number of hydrogen-bond donors (Lipinski definition) is 2. The second-order valence-corrected chi connectivity index (χ2v) is 4.13. The predicted molar refractivity (Wildman–Crippen MR) is 61.7 cm³/mol. The predicted octanol–water partition coefficient (Wildman–Crippen LogP) is 1.26. The second kappa shape index (κ2) is 5.98. The molecule has 2 N–H and O–H groups in total. The van der Waals surface area contributed by atoms with Crippen molar-refractivity contribution in [2.75, 3.05) is 13.7 Å². The maximum Gasteiger partial charge on any atom is 0.314 e. The number of aliphatic hydroxyl groups is 2. The van der Waals surface area contributed by atoms with Gasteiger partial charge < -0.3 is 14.9 Å². The number of carbonyl (C=O) groups excluding carboxylic acids is 1. The Balaban J connectivity index is 2.95. The first-order valence-corrected chi connectivity index (χ1v) is 5.52. The van der Waals surface area contributed by atoms with Gasteiger partial charge in [0.05, 0.1) is 19.8 Å². The number of halogens is 1. The van der Waals surface area contributed by atoms with Crippen LogP contribution in [0.5, 0.6) is 0 Å². The van der Waals surface area contributed by atoms with E-state index in [0.717, 1.165) is 0 Å². The molecule has 0 bridgehead atoms. The van der Waals surface area contributed by atoms with Gasteiger partial charge >= 0.3 is 5.97 Å². The maximum absolute atomic E-state index is 11.3. The summed E-state index contributed by atoms with van der Waals surface area (Å²) in [5.41, 5.74) is 0.548. The highest BCUT2D eigenvalue weighted by Crippen LogP contribution is 2.28. The molecule has 88 valence electrons. The fourth-order valence-corrected chi connectivity index (χ4v) is 1.91. The van der Waals surface area contributed by atoms with E-state index < -0.39 is 24.6 Å². The molecule has 16 heavy (non-hydrogen) atoms. The highest BCUT2D eigenvalue weighted by atomic mass is 79.9. The third-order valence-electron chi connectivity index (χ3n) is 2.31. The summed E-state index contributed by atoms with van der Waals surface area (Å²) in [4.78, 5) is 11.3. The van der Waals surface area contributed by atoms with Crippen molar-refractivity contribution in [2.45, 2.75) is 6.10 Å². The number of ether oxygens (including phenoxy) is 1. The van der Waals surface area contributed by atoms with E-state index in [2.05, 4.69) is 20.7 Å². The Hall–Kier alpha value is -0.910. The molecule has 0 radical (unpaired) electrons. The topological polar surface area (TPSA) is 66.8 Å². The Morgan fingerprint density at radius 2 is 2.12 bits per heavy atom. The molecule has 0 aromatic heterocycles. The number of esters is 1. The monoisotopic (exact) mass is 288 g/mol. The lowest BCUT2D eigenvalue weighted by molar-refractivity contribution is -0.151. The van der Waals surface area contributed by atoms with Crippen molar-refractivity contribution in [2.24, 2.45) is 5.92 Å². The van der Waals surface area contributed by atoms with Gasteiger partial charge in [-0.15, -0.1) is 0 Å². The minimum Gasteiger partial charge on any atom is -0.469 e. The summed E-state index contributed by atoms with van der Waals surface area (Å²) in [7, 11) is 1.22. The molecule has 0 fully saturated rings. The average Bonchev–Trinajstić information content (AvgIpc) is 2.30. The van der Waals surface area contributed by atoms with Crippen molar-refractivity contribution in [1.82, 2.24) is 0 Å². The van der Waals surface area contributed by atoms with Gasteiger partial charge in [0.1, 0.15) is 5.92 Å². The zero-order valence-electron chi connectivity index (χ0n) is 8.76. The number of aliphatic hydroxyl groups excluding tert-OH is 2. The molecule has 4 nitrogen and oxygen atoms in total. The van der Waals surface area contributed by atoms with E-state index in [0.29, 0.717) is 10.0 Å². The summed E-state index contributed by atoms with van der Waals surface area (Å²) in [5, 5.41) is 19.0. The normalized spacial score (nSPS) is 14.2. The zero-order valence-corrected chi connectivity index (χ0v) is 10.3. The molecule has 2 unspecified atom stereocenters. The lowest BCUT2D eigenvalue weighted by atomic mass is 9.96. The highest BCUT2D eigenvalue weighted by Gasteiger charge is 2.29. The Bertz CT molecular complexity index is 367. The van der Waals surface area contributed by atoms with E-state index in [1.54, 1.807) is 24.3 Å². The fraction of sp³-hybridized carbons (Fsp3) is 0.364. The highest BCUT2D eigenvalue weighted by molar-refractivity contribution is 9.10. The van der Waals surface area contributed by atoms with Crippen LogP contribution in [0.3, 0.4) is 0 Å². The summed E-state index contributed by atoms with van der Waals surface area (Å²) in [5.74, 6) is -1.60. The SMILES string of the molecule is COC(=O)C(CO)C(O)c1ccccc1Br. The van der Waals surface area contributed by atoms with Crippen LogP contribution in [0.15, 0.2) is 28.7 Å². The Kier molecular flexibility index (Phi) is 4.92. The molecule has 0 amide bonds. The van der Waals surface area contributed by atoms with Crippen molar-refractivity contribution < 1.29 is 19.7 Å². The van der Waals surface area contributed by atoms with Crippen LogP contribution in [-0.4, -0.2) is 29.9 Å². The summed E-state index contributed by atoms with van der Waals surface area (Å²) < 4.78 is 5.20. The van der Waals surface area contributed by atoms with E-state index in [9.17, 15) is 9.90 Å². The van der Waals surface area contributed by atoms with Gasteiger partial charge in [-0.05, 0) is 11.6 Å². The zero-order chi connectivity index (χ0) is 12.1. The molecule has 0 heterocycles. The molecule has 0 spiro atoms. The van der Waals surface area contributed by atoms with Gasteiger partial charge in [0, 0.05) is 4.47 Å². The second-order valence-electron chi connectivity index (χ2n) is 3.28. The van der Waals surface area contributed by atoms with Crippen molar-refractivity contribution in [3.63, 3.8) is 0 Å². The summed E-state index contributed by atoms with van der Waals surface area (Å²) in [6, 6.07) is 6.98. The van der Waals surface area contributed by atoms with E-state index >= 15 is 0 Å². The van der Waals surface area contributed by atoms with Gasteiger partial charge in [-0.1, -0.05) is 34.1 Å². The fourth-order valence-electron chi connectivity index (χ4n) is 1.39. The molecular weight excluding hydrogens is 276 g/mol. The van der Waals surface area contributed by atoms with Crippen LogP contribution in [0.25, 0.3) is 0 Å². The molecule has 0 saturated heterocycles. The lowest BCUT2D eigenvalue weighted by Gasteiger charge is -2.19. The number of rotatable bonds is 4. The molecule has 2 atom stereocenters. The van der Waals surface area contributed by atoms with Crippen LogP contribution in [-0.2, 0) is 9.53 Å². The Morgan fingerprint density at radius 3 is 2.62 bits per heavy atom. The molecule has 1 rings (SSSR count). The first-order chi connectivity index (χ1) is 7.61. The molecule has 5 heteroatoms. The molecular formula is C11H13BrO4. The average molecular weight is 289 g/mol. The third-order valence-corrected chi connectivity index (χ3v) is 3.03. The third kappa shape index (κ3) is 2.81. The van der Waals surface area contributed by atoms with Crippen molar-refractivity contribution in [3.05, 3.63) is 34.3 Å². The maximum atomic E-state index is 11.3. The van der Waals surface area contributed by atoms with Crippen LogP contribution in [0.1, 0.15) is 11.7 Å². The summed E-state index contributed by atoms with van der Waals surface area (Å²) >= 11 is 3.27. The largest absolute Gasteiger partial charge is 0.469 e. The van der Waals surface area contributed by atoms with E-state index in [1.807, 2.05) is 0 Å². The van der Waals surface area contributed by atoms with E-state index in [-0.39, 0.29) is 0 Å². The van der Waals surface area contributed by atoms with Gasteiger partial charge in [0.2, 0.25) is 0 Å². The standard InChI is InChI=1S/C11H13BrO4/c1-16-11(15)8(6-13)10(14)7-4-2-3-5-9(7)12/h2-5,8,10,13-14H,6H2,1H3. The van der Waals surface area contributed by atoms with Gasteiger partial charge in [-0.3, -0.25) is 4.79 Å². The molecule has 0 aliphatic carbocycles. The van der Waals surface area contributed by atoms with Crippen LogP contribution in [0, 0.1) is 5.92 Å². The Morgan fingerprint density at radius 1 is 1.50 bits per heavy atom. The molecule has 0 aliphatic heterocycles. The van der Waals surface area contributed by atoms with Crippen LogP contribution < -0.4 is 0 Å².